The minimum Gasteiger partial charge on any atom is -0.437 e. The normalized spacial score (nSPS) is 14.0. The van der Waals surface area contributed by atoms with Crippen molar-refractivity contribution in [2.24, 2.45) is 0 Å². The van der Waals surface area contributed by atoms with Gasteiger partial charge in [0.15, 0.2) is 0 Å². The van der Waals surface area contributed by atoms with Gasteiger partial charge in [0, 0.05) is 12.1 Å². The first-order chi connectivity index (χ1) is 9.24. The number of nitrogens with one attached hydrogen (secondary N) is 1. The Kier molecular flexibility index (Phi) is 3.44. The standard InChI is InChI=1S/C13H11BrFN3O/c14-10-5-8(15)1-2-12(10)19-13-9-3-4-16-6-11(9)17-7-18-13/h1-2,5,7,16H,3-4,6H2. The third-order valence-corrected chi connectivity index (χ3v) is 3.56. The van der Waals surface area contributed by atoms with E-state index in [4.69, 9.17) is 4.74 Å². The van der Waals surface area contributed by atoms with E-state index in [2.05, 4.69) is 31.2 Å². The molecule has 1 aromatic carbocycles. The van der Waals surface area contributed by atoms with Crippen LogP contribution in [0.25, 0.3) is 0 Å². The second-order valence-electron chi connectivity index (χ2n) is 4.21. The van der Waals surface area contributed by atoms with Gasteiger partial charge in [-0.1, -0.05) is 0 Å². The SMILES string of the molecule is Fc1ccc(Oc2ncnc3c2CCNC3)c(Br)c1. The van der Waals surface area contributed by atoms with Gasteiger partial charge in [-0.2, -0.15) is 0 Å². The van der Waals surface area contributed by atoms with Crippen LogP contribution in [0.15, 0.2) is 29.0 Å². The highest BCUT2D eigenvalue weighted by Crippen LogP contribution is 2.32. The molecule has 0 amide bonds. The van der Waals surface area contributed by atoms with Gasteiger partial charge in [0.05, 0.1) is 10.2 Å². The third-order valence-electron chi connectivity index (χ3n) is 2.94. The topological polar surface area (TPSA) is 47.0 Å². The largest absolute Gasteiger partial charge is 0.437 e. The summed E-state index contributed by atoms with van der Waals surface area (Å²) < 4.78 is 19.4. The molecule has 3 rings (SSSR count). The lowest BCUT2D eigenvalue weighted by atomic mass is 10.1. The Morgan fingerprint density at radius 2 is 2.21 bits per heavy atom. The summed E-state index contributed by atoms with van der Waals surface area (Å²) in [5.74, 6) is 0.771. The fourth-order valence-electron chi connectivity index (χ4n) is 2.00. The summed E-state index contributed by atoms with van der Waals surface area (Å²) in [5.41, 5.74) is 1.96. The Balaban J connectivity index is 1.95. The van der Waals surface area contributed by atoms with Gasteiger partial charge in [-0.25, -0.2) is 14.4 Å². The molecule has 0 aliphatic carbocycles. The van der Waals surface area contributed by atoms with Crippen LogP contribution >= 0.6 is 15.9 Å². The number of ether oxygens (including phenoxy) is 1. The zero-order valence-electron chi connectivity index (χ0n) is 9.99. The molecule has 0 fully saturated rings. The Morgan fingerprint density at radius 3 is 3.05 bits per heavy atom. The summed E-state index contributed by atoms with van der Waals surface area (Å²) in [6, 6.07) is 4.30. The Morgan fingerprint density at radius 1 is 1.32 bits per heavy atom. The molecule has 0 spiro atoms. The summed E-state index contributed by atoms with van der Waals surface area (Å²) in [6.07, 6.45) is 2.31. The molecule has 0 saturated heterocycles. The van der Waals surface area contributed by atoms with Gasteiger partial charge < -0.3 is 10.1 Å². The van der Waals surface area contributed by atoms with E-state index in [1.165, 1.54) is 18.5 Å². The molecule has 0 atom stereocenters. The first-order valence-electron chi connectivity index (χ1n) is 5.90. The second-order valence-corrected chi connectivity index (χ2v) is 5.06. The predicted octanol–water partition coefficient (Wildman–Crippen LogP) is 2.82. The summed E-state index contributed by atoms with van der Waals surface area (Å²) in [5, 5.41) is 3.25. The highest BCUT2D eigenvalue weighted by molar-refractivity contribution is 9.10. The minimum atomic E-state index is -0.312. The number of benzene rings is 1. The monoisotopic (exact) mass is 323 g/mol. The molecule has 1 aliphatic heterocycles. The number of nitrogens with zero attached hydrogens (tertiary/aromatic N) is 2. The smallest absolute Gasteiger partial charge is 0.225 e. The molecule has 0 saturated carbocycles. The molecule has 0 bridgehead atoms. The average Bonchev–Trinajstić information content (AvgIpc) is 2.42. The van der Waals surface area contributed by atoms with Crippen molar-refractivity contribution in [1.82, 2.24) is 15.3 Å². The predicted molar refractivity (Wildman–Crippen MR) is 71.6 cm³/mol. The summed E-state index contributed by atoms with van der Waals surface area (Å²) in [4.78, 5) is 8.41. The van der Waals surface area contributed by atoms with Crippen LogP contribution in [0, 0.1) is 5.82 Å². The lowest BCUT2D eigenvalue weighted by Crippen LogP contribution is -2.25. The van der Waals surface area contributed by atoms with Crippen LogP contribution in [0.4, 0.5) is 4.39 Å². The second kappa shape index (κ2) is 5.22. The van der Waals surface area contributed by atoms with Crippen LogP contribution in [0.1, 0.15) is 11.3 Å². The van der Waals surface area contributed by atoms with Crippen LogP contribution in [-0.4, -0.2) is 16.5 Å². The molecule has 19 heavy (non-hydrogen) atoms. The number of halogens is 2. The van der Waals surface area contributed by atoms with Crippen LogP contribution in [0.3, 0.4) is 0 Å². The van der Waals surface area contributed by atoms with E-state index in [1.54, 1.807) is 6.07 Å². The van der Waals surface area contributed by atoms with Crippen molar-refractivity contribution in [3.05, 3.63) is 46.1 Å². The molecule has 1 aliphatic rings. The zero-order valence-corrected chi connectivity index (χ0v) is 11.6. The van der Waals surface area contributed by atoms with Gasteiger partial charge in [0.1, 0.15) is 17.9 Å². The summed E-state index contributed by atoms with van der Waals surface area (Å²) >= 11 is 3.28. The summed E-state index contributed by atoms with van der Waals surface area (Å²) in [6.45, 7) is 1.60. The van der Waals surface area contributed by atoms with E-state index in [9.17, 15) is 4.39 Å². The molecule has 1 aromatic heterocycles. The number of aromatic nitrogens is 2. The number of hydrogen-bond donors (Lipinski definition) is 1. The van der Waals surface area contributed by atoms with Crippen molar-refractivity contribution in [1.29, 1.82) is 0 Å². The quantitative estimate of drug-likeness (QED) is 0.923. The highest BCUT2D eigenvalue weighted by atomic mass is 79.9. The number of fused-ring (bicyclic) bond motifs is 1. The van der Waals surface area contributed by atoms with E-state index in [1.807, 2.05) is 0 Å². The lowest BCUT2D eigenvalue weighted by molar-refractivity contribution is 0.442. The van der Waals surface area contributed by atoms with Crippen LogP contribution in [0.5, 0.6) is 11.6 Å². The maximum Gasteiger partial charge on any atom is 0.225 e. The van der Waals surface area contributed by atoms with Crippen LogP contribution in [0.2, 0.25) is 0 Å². The Hall–Kier alpha value is -1.53. The van der Waals surface area contributed by atoms with E-state index in [-0.39, 0.29) is 5.82 Å². The van der Waals surface area contributed by atoms with Gasteiger partial charge in [-0.15, -0.1) is 0 Å². The fraction of sp³-hybridized carbons (Fsp3) is 0.231. The Bertz CT molecular complexity index is 621. The maximum absolute atomic E-state index is 13.0. The molecule has 4 nitrogen and oxygen atoms in total. The van der Waals surface area contributed by atoms with Crippen LogP contribution in [-0.2, 0) is 13.0 Å². The lowest BCUT2D eigenvalue weighted by Gasteiger charge is -2.18. The van der Waals surface area contributed by atoms with Crippen LogP contribution < -0.4 is 10.1 Å². The van der Waals surface area contributed by atoms with Gasteiger partial charge in [-0.05, 0) is 47.1 Å². The van der Waals surface area contributed by atoms with Crippen molar-refractivity contribution in [3.63, 3.8) is 0 Å². The van der Waals surface area contributed by atoms with E-state index < -0.39 is 0 Å². The molecule has 2 aromatic rings. The van der Waals surface area contributed by atoms with Gasteiger partial charge in [-0.3, -0.25) is 0 Å². The van der Waals surface area contributed by atoms with Gasteiger partial charge >= 0.3 is 0 Å². The van der Waals surface area contributed by atoms with Gasteiger partial charge in [0.25, 0.3) is 0 Å². The van der Waals surface area contributed by atoms with Gasteiger partial charge in [0.2, 0.25) is 5.88 Å². The van der Waals surface area contributed by atoms with E-state index in [0.717, 1.165) is 30.8 Å². The first kappa shape index (κ1) is 12.5. The van der Waals surface area contributed by atoms with E-state index in [0.29, 0.717) is 16.1 Å². The summed E-state index contributed by atoms with van der Waals surface area (Å²) in [7, 11) is 0. The molecule has 0 radical (unpaired) electrons. The highest BCUT2D eigenvalue weighted by Gasteiger charge is 2.17. The van der Waals surface area contributed by atoms with E-state index >= 15 is 0 Å². The molecular weight excluding hydrogens is 313 g/mol. The molecule has 2 heterocycles. The third kappa shape index (κ3) is 2.59. The van der Waals surface area contributed by atoms with Crippen molar-refractivity contribution >= 4 is 15.9 Å². The molecule has 98 valence electrons. The fourth-order valence-corrected chi connectivity index (χ4v) is 2.44. The molecule has 0 unspecified atom stereocenters. The minimum absolute atomic E-state index is 0.312. The van der Waals surface area contributed by atoms with Crippen molar-refractivity contribution < 1.29 is 9.13 Å². The van der Waals surface area contributed by atoms with Crippen molar-refractivity contribution in [2.75, 3.05) is 6.54 Å². The maximum atomic E-state index is 13.0. The average molecular weight is 324 g/mol. The number of rotatable bonds is 2. The Labute approximate surface area is 118 Å². The first-order valence-corrected chi connectivity index (χ1v) is 6.70. The molecular formula is C13H11BrFN3O. The zero-order chi connectivity index (χ0) is 13.2. The van der Waals surface area contributed by atoms with Crippen molar-refractivity contribution in [3.8, 4) is 11.6 Å². The molecule has 6 heteroatoms. The van der Waals surface area contributed by atoms with Crippen molar-refractivity contribution in [2.45, 2.75) is 13.0 Å². The molecule has 1 N–H and O–H groups in total. The number of hydrogen-bond acceptors (Lipinski definition) is 4.